The van der Waals surface area contributed by atoms with Gasteiger partial charge in [0.2, 0.25) is 0 Å². The Labute approximate surface area is 154 Å². The Balaban J connectivity index is 2.03. The fourth-order valence-corrected chi connectivity index (χ4v) is 3.44. The highest BCUT2D eigenvalue weighted by atomic mass is 32.2. The Morgan fingerprint density at radius 3 is 2.12 bits per heavy atom. The minimum atomic E-state index is -3.65. The van der Waals surface area contributed by atoms with Gasteiger partial charge in [-0.1, -0.05) is 32.0 Å². The lowest BCUT2D eigenvalue weighted by atomic mass is 9.94. The van der Waals surface area contributed by atoms with Crippen molar-refractivity contribution in [2.75, 3.05) is 11.3 Å². The van der Waals surface area contributed by atoms with Gasteiger partial charge in [-0.2, -0.15) is 0 Å². The van der Waals surface area contributed by atoms with Crippen LogP contribution in [0.1, 0.15) is 37.0 Å². The van der Waals surface area contributed by atoms with Gasteiger partial charge in [-0.25, -0.2) is 8.42 Å². The van der Waals surface area contributed by atoms with Crippen molar-refractivity contribution in [3.05, 3.63) is 60.2 Å². The Morgan fingerprint density at radius 1 is 1.00 bits per heavy atom. The van der Waals surface area contributed by atoms with E-state index in [1.807, 2.05) is 13.8 Å². The number of nitrogens with one attached hydrogen (secondary N) is 2. The molecule has 0 aliphatic heterocycles. The maximum atomic E-state index is 12.3. The topological polar surface area (TPSA) is 101 Å². The van der Waals surface area contributed by atoms with Crippen LogP contribution in [-0.2, 0) is 10.0 Å². The van der Waals surface area contributed by atoms with Crippen molar-refractivity contribution in [1.29, 1.82) is 0 Å². The highest BCUT2D eigenvalue weighted by molar-refractivity contribution is 7.92. The quantitative estimate of drug-likeness (QED) is 0.660. The molecule has 2 aromatic carbocycles. The highest BCUT2D eigenvalue weighted by Gasteiger charge is 2.21. The molecule has 0 fully saturated rings. The second kappa shape index (κ2) is 8.33. The van der Waals surface area contributed by atoms with E-state index in [1.54, 1.807) is 42.5 Å². The number of rotatable bonds is 8. The lowest BCUT2D eigenvalue weighted by Gasteiger charge is -2.26. The standard InChI is InChI=1S/C19H25N3O3S/c1-3-19(20,4-2)14-21-18(23)15-10-12-16(13-11-15)22-26(24,25)17-8-6-5-7-9-17/h5-13,22H,3-4,14,20H2,1-2H3,(H,21,23). The third kappa shape index (κ3) is 5.06. The van der Waals surface area contributed by atoms with Crippen molar-refractivity contribution in [2.24, 2.45) is 5.73 Å². The molecule has 7 heteroatoms. The minimum absolute atomic E-state index is 0.181. The molecule has 0 spiro atoms. The SMILES string of the molecule is CCC(N)(CC)CNC(=O)c1ccc(NS(=O)(=O)c2ccccc2)cc1. The molecule has 1 amide bonds. The molecule has 140 valence electrons. The monoisotopic (exact) mass is 375 g/mol. The molecule has 0 radical (unpaired) electrons. The fourth-order valence-electron chi connectivity index (χ4n) is 2.36. The smallest absolute Gasteiger partial charge is 0.261 e. The molecule has 0 atom stereocenters. The van der Waals surface area contributed by atoms with Crippen molar-refractivity contribution in [2.45, 2.75) is 37.1 Å². The van der Waals surface area contributed by atoms with E-state index in [4.69, 9.17) is 5.73 Å². The molecule has 0 aliphatic carbocycles. The van der Waals surface area contributed by atoms with Crippen molar-refractivity contribution in [3.8, 4) is 0 Å². The van der Waals surface area contributed by atoms with Gasteiger partial charge in [0.1, 0.15) is 0 Å². The summed E-state index contributed by atoms with van der Waals surface area (Å²) in [6.45, 7) is 4.37. The number of carbonyl (C=O) groups is 1. The van der Waals surface area contributed by atoms with E-state index in [0.29, 0.717) is 17.8 Å². The fraction of sp³-hybridized carbons (Fsp3) is 0.316. The maximum Gasteiger partial charge on any atom is 0.261 e. The molecule has 0 saturated heterocycles. The van der Waals surface area contributed by atoms with E-state index in [0.717, 1.165) is 12.8 Å². The third-order valence-corrected chi connectivity index (χ3v) is 5.86. The molecule has 0 saturated carbocycles. The van der Waals surface area contributed by atoms with Crippen LogP contribution in [-0.4, -0.2) is 26.4 Å². The second-order valence-electron chi connectivity index (χ2n) is 6.25. The molecule has 0 aliphatic rings. The average Bonchev–Trinajstić information content (AvgIpc) is 2.67. The van der Waals surface area contributed by atoms with Crippen LogP contribution in [0.15, 0.2) is 59.5 Å². The van der Waals surface area contributed by atoms with Crippen LogP contribution in [0.2, 0.25) is 0 Å². The van der Waals surface area contributed by atoms with Crippen LogP contribution in [0, 0.1) is 0 Å². The first-order valence-electron chi connectivity index (χ1n) is 8.54. The van der Waals surface area contributed by atoms with Gasteiger partial charge in [0.05, 0.1) is 4.90 Å². The van der Waals surface area contributed by atoms with E-state index < -0.39 is 15.6 Å². The van der Waals surface area contributed by atoms with Gasteiger partial charge < -0.3 is 11.1 Å². The molecule has 0 heterocycles. The van der Waals surface area contributed by atoms with Gasteiger partial charge >= 0.3 is 0 Å². The molecule has 2 rings (SSSR count). The van der Waals surface area contributed by atoms with Crippen LogP contribution in [0.4, 0.5) is 5.69 Å². The summed E-state index contributed by atoms with van der Waals surface area (Å²) >= 11 is 0. The van der Waals surface area contributed by atoms with Crippen LogP contribution < -0.4 is 15.8 Å². The molecule has 0 aromatic heterocycles. The summed E-state index contributed by atoms with van der Waals surface area (Å²) in [5.74, 6) is -0.237. The van der Waals surface area contributed by atoms with Crippen molar-refractivity contribution in [3.63, 3.8) is 0 Å². The molecule has 0 bridgehead atoms. The zero-order chi connectivity index (χ0) is 19.2. The number of benzene rings is 2. The Morgan fingerprint density at radius 2 is 1.58 bits per heavy atom. The van der Waals surface area contributed by atoms with E-state index in [2.05, 4.69) is 10.0 Å². The number of nitrogens with two attached hydrogens (primary N) is 1. The largest absolute Gasteiger partial charge is 0.350 e. The number of amides is 1. The van der Waals surface area contributed by atoms with Crippen molar-refractivity contribution in [1.82, 2.24) is 5.32 Å². The van der Waals surface area contributed by atoms with Gasteiger partial charge in [0.25, 0.3) is 15.9 Å². The van der Waals surface area contributed by atoms with Crippen LogP contribution >= 0.6 is 0 Å². The molecule has 0 unspecified atom stereocenters. The first-order chi connectivity index (χ1) is 12.3. The van der Waals surface area contributed by atoms with Crippen LogP contribution in [0.25, 0.3) is 0 Å². The lowest BCUT2D eigenvalue weighted by Crippen LogP contribution is -2.49. The normalized spacial score (nSPS) is 11.8. The number of sulfonamides is 1. The lowest BCUT2D eigenvalue weighted by molar-refractivity contribution is 0.0942. The molecular formula is C19H25N3O3S. The summed E-state index contributed by atoms with van der Waals surface area (Å²) in [4.78, 5) is 12.4. The first-order valence-corrected chi connectivity index (χ1v) is 10.0. The van der Waals surface area contributed by atoms with Crippen LogP contribution in [0.3, 0.4) is 0 Å². The van der Waals surface area contributed by atoms with Gasteiger partial charge in [-0.3, -0.25) is 9.52 Å². The highest BCUT2D eigenvalue weighted by Crippen LogP contribution is 2.17. The summed E-state index contributed by atoms with van der Waals surface area (Å²) < 4.78 is 27.1. The van der Waals surface area contributed by atoms with Crippen molar-refractivity contribution < 1.29 is 13.2 Å². The van der Waals surface area contributed by atoms with E-state index in [9.17, 15) is 13.2 Å². The number of hydrogen-bond donors (Lipinski definition) is 3. The van der Waals surface area contributed by atoms with Gasteiger partial charge in [-0.15, -0.1) is 0 Å². The van der Waals surface area contributed by atoms with Gasteiger partial charge in [-0.05, 0) is 49.2 Å². The zero-order valence-electron chi connectivity index (χ0n) is 15.0. The third-order valence-electron chi connectivity index (χ3n) is 4.46. The summed E-state index contributed by atoms with van der Waals surface area (Å²) in [5, 5.41) is 2.83. The predicted octanol–water partition coefficient (Wildman–Crippen LogP) is 2.73. The summed E-state index contributed by atoms with van der Waals surface area (Å²) in [6, 6.07) is 14.4. The van der Waals surface area contributed by atoms with E-state index in [1.165, 1.54) is 12.1 Å². The Bertz CT molecular complexity index is 830. The Kier molecular flexibility index (Phi) is 6.39. The van der Waals surface area contributed by atoms with Crippen LogP contribution in [0.5, 0.6) is 0 Å². The van der Waals surface area contributed by atoms with E-state index in [-0.39, 0.29) is 10.8 Å². The van der Waals surface area contributed by atoms with E-state index >= 15 is 0 Å². The molecule has 26 heavy (non-hydrogen) atoms. The molecule has 6 nitrogen and oxygen atoms in total. The summed E-state index contributed by atoms with van der Waals surface area (Å²) in [5.41, 5.74) is 6.60. The maximum absolute atomic E-state index is 12.3. The zero-order valence-corrected chi connectivity index (χ0v) is 15.8. The molecular weight excluding hydrogens is 350 g/mol. The van der Waals surface area contributed by atoms with Crippen molar-refractivity contribution >= 4 is 21.6 Å². The summed E-state index contributed by atoms with van der Waals surface area (Å²) in [7, 11) is -3.65. The Hall–Kier alpha value is -2.38. The average molecular weight is 375 g/mol. The molecule has 4 N–H and O–H groups in total. The summed E-state index contributed by atoms with van der Waals surface area (Å²) in [6.07, 6.45) is 1.54. The van der Waals surface area contributed by atoms with Gasteiger partial charge in [0.15, 0.2) is 0 Å². The minimum Gasteiger partial charge on any atom is -0.350 e. The first kappa shape index (κ1) is 19.9. The second-order valence-corrected chi connectivity index (χ2v) is 7.93. The number of hydrogen-bond acceptors (Lipinski definition) is 4. The number of carbonyl (C=O) groups excluding carboxylic acids is 1. The van der Waals surface area contributed by atoms with Gasteiger partial charge in [0, 0.05) is 23.3 Å². The number of anilines is 1. The predicted molar refractivity (Wildman–Crippen MR) is 104 cm³/mol. The molecule has 2 aromatic rings.